The van der Waals surface area contributed by atoms with E-state index in [9.17, 15) is 18.8 Å². The highest BCUT2D eigenvalue weighted by Gasteiger charge is 2.23. The maximum absolute atomic E-state index is 13.7. The molecule has 198 valence electrons. The number of fused-ring (bicyclic) bond motifs is 2. The van der Waals surface area contributed by atoms with Crippen molar-refractivity contribution in [3.63, 3.8) is 0 Å². The van der Waals surface area contributed by atoms with Crippen LogP contribution in [0.25, 0.3) is 10.8 Å². The molecule has 4 rings (SSSR count). The molecule has 7 nitrogen and oxygen atoms in total. The van der Waals surface area contributed by atoms with Gasteiger partial charge in [-0.05, 0) is 59.3 Å². The van der Waals surface area contributed by atoms with E-state index in [2.05, 4.69) is 10.6 Å². The zero-order valence-electron chi connectivity index (χ0n) is 21.0. The van der Waals surface area contributed by atoms with Crippen molar-refractivity contribution in [3.8, 4) is 0 Å². The average molecular weight is 535 g/mol. The fourth-order valence-electron chi connectivity index (χ4n) is 4.32. The molecule has 4 N–H and O–H groups in total. The maximum Gasteiger partial charge on any atom is 0.251 e. The molecule has 0 fully saturated rings. The first kappa shape index (κ1) is 27.3. The Balaban J connectivity index is 1.40. The number of nitrogens with two attached hydrogens (primary N) is 1. The number of hydrogen-bond donors (Lipinski definition) is 3. The van der Waals surface area contributed by atoms with E-state index in [-0.39, 0.29) is 36.5 Å². The van der Waals surface area contributed by atoms with Crippen LogP contribution in [0.2, 0.25) is 0 Å². The van der Waals surface area contributed by atoms with Gasteiger partial charge in [-0.3, -0.25) is 14.4 Å². The number of nitrogens with one attached hydrogen (secondary N) is 2. The number of amides is 3. The minimum absolute atomic E-state index is 0.126. The molecule has 9 heteroatoms. The summed E-state index contributed by atoms with van der Waals surface area (Å²) in [6, 6.07) is 17.5. The van der Waals surface area contributed by atoms with E-state index in [1.807, 2.05) is 42.5 Å². The summed E-state index contributed by atoms with van der Waals surface area (Å²) in [5.74, 6) is -1.14. The Bertz CT molecular complexity index is 1350. The zero-order chi connectivity index (χ0) is 26.9. The number of halogens is 1. The third kappa shape index (κ3) is 7.20. The zero-order valence-corrected chi connectivity index (χ0v) is 21.8. The molecule has 0 saturated heterocycles. The fourth-order valence-corrected chi connectivity index (χ4v) is 5.13. The van der Waals surface area contributed by atoms with Crippen molar-refractivity contribution in [2.75, 3.05) is 24.5 Å². The molecule has 3 amide bonds. The second-order valence-corrected chi connectivity index (χ2v) is 10.0. The van der Waals surface area contributed by atoms with Crippen molar-refractivity contribution in [2.24, 2.45) is 5.73 Å². The predicted molar refractivity (Wildman–Crippen MR) is 149 cm³/mol. The minimum Gasteiger partial charge on any atom is -0.354 e. The molecular weight excluding hydrogens is 503 g/mol. The lowest BCUT2D eigenvalue weighted by molar-refractivity contribution is -0.129. The van der Waals surface area contributed by atoms with Gasteiger partial charge in [0.2, 0.25) is 11.8 Å². The molecule has 0 spiro atoms. The van der Waals surface area contributed by atoms with Crippen LogP contribution >= 0.6 is 11.8 Å². The first-order valence-electron chi connectivity index (χ1n) is 12.6. The monoisotopic (exact) mass is 534 g/mol. The van der Waals surface area contributed by atoms with Crippen LogP contribution < -0.4 is 21.3 Å². The highest BCUT2D eigenvalue weighted by atomic mass is 32.2. The standard InChI is InChI=1S/C29H31FN4O3S/c30-23-10-11-25-26(19-23)38-16-12-28(36)34(25)15-3-7-27(35)33-24(29(37)32-14-4-13-31)18-20-8-9-21-5-1-2-6-22(21)17-20/h1-2,5-6,8-12,16-17,19,24H,3-4,7,13-15,18,31H2,(H,32,37)(H,33,35). The lowest BCUT2D eigenvalue weighted by Gasteiger charge is -2.23. The maximum atomic E-state index is 13.7. The lowest BCUT2D eigenvalue weighted by atomic mass is 10.0. The van der Waals surface area contributed by atoms with Gasteiger partial charge in [-0.1, -0.05) is 54.2 Å². The van der Waals surface area contributed by atoms with E-state index >= 15 is 0 Å². The summed E-state index contributed by atoms with van der Waals surface area (Å²) in [5, 5.41) is 9.53. The second kappa shape index (κ2) is 13.2. The van der Waals surface area contributed by atoms with Crippen molar-refractivity contribution >= 4 is 45.9 Å². The normalized spacial score (nSPS) is 13.6. The van der Waals surface area contributed by atoms with Gasteiger partial charge in [-0.15, -0.1) is 0 Å². The van der Waals surface area contributed by atoms with Crippen LogP contribution in [0.4, 0.5) is 10.1 Å². The summed E-state index contributed by atoms with van der Waals surface area (Å²) >= 11 is 1.28. The summed E-state index contributed by atoms with van der Waals surface area (Å²) in [5.41, 5.74) is 7.10. The SMILES string of the molecule is NCCCNC(=O)C(Cc1ccc2ccccc2c1)NC(=O)CCCN1C(=O)C=CSc2cc(F)ccc21. The van der Waals surface area contributed by atoms with E-state index in [1.165, 1.54) is 30.0 Å². The Hall–Kier alpha value is -3.69. The van der Waals surface area contributed by atoms with Crippen molar-refractivity contribution < 1.29 is 18.8 Å². The van der Waals surface area contributed by atoms with E-state index in [0.717, 1.165) is 16.3 Å². The predicted octanol–water partition coefficient (Wildman–Crippen LogP) is 3.90. The van der Waals surface area contributed by atoms with Gasteiger partial charge in [0.25, 0.3) is 5.91 Å². The number of thioether (sulfide) groups is 1. The molecule has 1 aliphatic heterocycles. The largest absolute Gasteiger partial charge is 0.354 e. The summed E-state index contributed by atoms with van der Waals surface area (Å²) in [6.07, 6.45) is 2.93. The van der Waals surface area contributed by atoms with Crippen molar-refractivity contribution in [1.29, 1.82) is 0 Å². The van der Waals surface area contributed by atoms with Gasteiger partial charge in [0.1, 0.15) is 11.9 Å². The molecule has 38 heavy (non-hydrogen) atoms. The van der Waals surface area contributed by atoms with Gasteiger partial charge in [0.05, 0.1) is 5.69 Å². The van der Waals surface area contributed by atoms with E-state index in [1.54, 1.807) is 16.4 Å². The third-order valence-corrected chi connectivity index (χ3v) is 7.11. The Kier molecular flexibility index (Phi) is 9.51. The van der Waals surface area contributed by atoms with Crippen molar-refractivity contribution in [1.82, 2.24) is 10.6 Å². The number of carbonyl (C=O) groups excluding carboxylic acids is 3. The quantitative estimate of drug-likeness (QED) is 0.324. The van der Waals surface area contributed by atoms with E-state index < -0.39 is 6.04 Å². The van der Waals surface area contributed by atoms with Crippen LogP contribution in [-0.4, -0.2) is 43.4 Å². The van der Waals surface area contributed by atoms with Crippen LogP contribution in [0.15, 0.2) is 77.0 Å². The molecule has 1 aliphatic rings. The molecule has 1 unspecified atom stereocenters. The van der Waals surface area contributed by atoms with Crippen molar-refractivity contribution in [3.05, 3.63) is 83.5 Å². The highest BCUT2D eigenvalue weighted by molar-refractivity contribution is 8.02. The van der Waals surface area contributed by atoms with Gasteiger partial charge in [-0.2, -0.15) is 0 Å². The Morgan fingerprint density at radius 1 is 1.03 bits per heavy atom. The molecule has 0 aromatic heterocycles. The average Bonchev–Trinajstić information content (AvgIpc) is 3.06. The Morgan fingerprint density at radius 3 is 2.66 bits per heavy atom. The van der Waals surface area contributed by atoms with Crippen LogP contribution in [0.5, 0.6) is 0 Å². The highest BCUT2D eigenvalue weighted by Crippen LogP contribution is 2.34. The van der Waals surface area contributed by atoms with Crippen LogP contribution in [0, 0.1) is 5.82 Å². The molecule has 1 heterocycles. The number of nitrogens with zero attached hydrogens (tertiary/aromatic N) is 1. The molecule has 0 saturated carbocycles. The first-order chi connectivity index (χ1) is 18.4. The van der Waals surface area contributed by atoms with Crippen LogP contribution in [-0.2, 0) is 20.8 Å². The molecule has 0 radical (unpaired) electrons. The fraction of sp³-hybridized carbons (Fsp3) is 0.276. The number of rotatable bonds is 11. The van der Waals surface area contributed by atoms with Gasteiger partial charge in [-0.25, -0.2) is 4.39 Å². The topological polar surface area (TPSA) is 105 Å². The van der Waals surface area contributed by atoms with E-state index in [0.29, 0.717) is 42.9 Å². The second-order valence-electron chi connectivity index (χ2n) is 9.07. The number of hydrogen-bond acceptors (Lipinski definition) is 5. The van der Waals surface area contributed by atoms with Gasteiger partial charge in [0, 0.05) is 36.9 Å². The third-order valence-electron chi connectivity index (χ3n) is 6.26. The van der Waals surface area contributed by atoms with Crippen molar-refractivity contribution in [2.45, 2.75) is 36.6 Å². The summed E-state index contributed by atoms with van der Waals surface area (Å²) < 4.78 is 13.7. The smallest absolute Gasteiger partial charge is 0.251 e. The van der Waals surface area contributed by atoms with Gasteiger partial charge in [0.15, 0.2) is 0 Å². The Labute approximate surface area is 225 Å². The Morgan fingerprint density at radius 2 is 1.84 bits per heavy atom. The van der Waals surface area contributed by atoms with Gasteiger partial charge >= 0.3 is 0 Å². The summed E-state index contributed by atoms with van der Waals surface area (Å²) in [7, 11) is 0. The molecule has 3 aromatic rings. The molecule has 0 bridgehead atoms. The summed E-state index contributed by atoms with van der Waals surface area (Å²) in [6.45, 7) is 1.18. The van der Waals surface area contributed by atoms with Crippen LogP contribution in [0.3, 0.4) is 0 Å². The molecule has 3 aromatic carbocycles. The summed E-state index contributed by atoms with van der Waals surface area (Å²) in [4.78, 5) is 40.6. The van der Waals surface area contributed by atoms with Gasteiger partial charge < -0.3 is 21.3 Å². The molecular formula is C29H31FN4O3S. The van der Waals surface area contributed by atoms with Crippen LogP contribution in [0.1, 0.15) is 24.8 Å². The first-order valence-corrected chi connectivity index (χ1v) is 13.5. The minimum atomic E-state index is -0.746. The van der Waals surface area contributed by atoms with E-state index in [4.69, 9.17) is 5.73 Å². The lowest BCUT2D eigenvalue weighted by Crippen LogP contribution is -2.48. The number of benzene rings is 3. The number of anilines is 1. The molecule has 0 aliphatic carbocycles. The number of carbonyl (C=O) groups is 3. The molecule has 1 atom stereocenters.